The van der Waals surface area contributed by atoms with Gasteiger partial charge in [0.1, 0.15) is 34.2 Å². The van der Waals surface area contributed by atoms with Crippen LogP contribution in [-0.4, -0.2) is 18.4 Å². The largest absolute Gasteiger partial charge is 0.494 e. The number of esters is 1. The smallest absolute Gasteiger partial charge is 0.347 e. The Bertz CT molecular complexity index is 1480. The van der Waals surface area contributed by atoms with Crippen LogP contribution in [0.15, 0.2) is 70.8 Å². The first-order chi connectivity index (χ1) is 16.4. The van der Waals surface area contributed by atoms with Gasteiger partial charge in [0.2, 0.25) is 5.78 Å². The molecular formula is C27H19ClO6. The summed E-state index contributed by atoms with van der Waals surface area (Å²) in [5, 5.41) is 1.11. The lowest BCUT2D eigenvalue weighted by molar-refractivity contribution is 0.0734. The standard InChI is InChI=1S/C27H19ClO6/c1-3-31-17-9-11-22-20(13-17)25(15(2)32-22)27(30)33-18-8-10-19-23(14-18)34-24(26(19)29)12-16-6-4-5-7-21(16)28/h4-14H,3H2,1-2H3/b24-12-. The van der Waals surface area contributed by atoms with E-state index in [4.69, 9.17) is 30.2 Å². The quantitative estimate of drug-likeness (QED) is 0.183. The summed E-state index contributed by atoms with van der Waals surface area (Å²) in [5.74, 6) is 0.908. The molecule has 0 bridgehead atoms. The summed E-state index contributed by atoms with van der Waals surface area (Å²) in [6.45, 7) is 4.09. The van der Waals surface area contributed by atoms with Crippen LogP contribution in [0.2, 0.25) is 5.02 Å². The minimum absolute atomic E-state index is 0.145. The van der Waals surface area contributed by atoms with Gasteiger partial charge in [0.15, 0.2) is 5.76 Å². The van der Waals surface area contributed by atoms with E-state index in [2.05, 4.69) is 0 Å². The van der Waals surface area contributed by atoms with E-state index < -0.39 is 5.97 Å². The van der Waals surface area contributed by atoms with Gasteiger partial charge < -0.3 is 18.6 Å². The zero-order chi connectivity index (χ0) is 23.8. The van der Waals surface area contributed by atoms with E-state index in [0.717, 1.165) is 0 Å². The Kier molecular flexibility index (Phi) is 5.59. The number of halogens is 1. The van der Waals surface area contributed by atoms with Crippen molar-refractivity contribution in [2.45, 2.75) is 13.8 Å². The third-order valence-electron chi connectivity index (χ3n) is 5.39. The minimum atomic E-state index is -0.582. The van der Waals surface area contributed by atoms with Crippen molar-refractivity contribution in [2.24, 2.45) is 0 Å². The lowest BCUT2D eigenvalue weighted by atomic mass is 10.1. The summed E-state index contributed by atoms with van der Waals surface area (Å²) in [7, 11) is 0. The maximum absolute atomic E-state index is 13.0. The molecule has 34 heavy (non-hydrogen) atoms. The summed E-state index contributed by atoms with van der Waals surface area (Å²) in [6.07, 6.45) is 1.59. The molecule has 0 spiro atoms. The van der Waals surface area contributed by atoms with E-state index in [0.29, 0.717) is 56.5 Å². The van der Waals surface area contributed by atoms with Crippen molar-refractivity contribution in [3.8, 4) is 17.2 Å². The molecule has 0 saturated heterocycles. The molecule has 0 unspecified atom stereocenters. The number of Topliss-reactive ketones (excluding diaryl/α,β-unsaturated/α-hetero) is 1. The first-order valence-corrected chi connectivity index (χ1v) is 11.0. The molecular weight excluding hydrogens is 456 g/mol. The third kappa shape index (κ3) is 3.93. The van der Waals surface area contributed by atoms with Gasteiger partial charge in [-0.3, -0.25) is 4.79 Å². The Balaban J connectivity index is 1.41. The van der Waals surface area contributed by atoms with Gasteiger partial charge in [-0.15, -0.1) is 0 Å². The minimum Gasteiger partial charge on any atom is -0.494 e. The number of ketones is 1. The van der Waals surface area contributed by atoms with Crippen molar-refractivity contribution in [3.05, 3.63) is 93.9 Å². The number of carbonyl (C=O) groups excluding carboxylic acids is 2. The number of hydrogen-bond donors (Lipinski definition) is 0. The fourth-order valence-corrected chi connectivity index (χ4v) is 4.02. The maximum Gasteiger partial charge on any atom is 0.347 e. The second-order valence-corrected chi connectivity index (χ2v) is 8.04. The molecule has 1 aliphatic heterocycles. The molecule has 7 heteroatoms. The molecule has 0 amide bonds. The van der Waals surface area contributed by atoms with Gasteiger partial charge in [-0.2, -0.15) is 0 Å². The van der Waals surface area contributed by atoms with Crippen molar-refractivity contribution in [1.82, 2.24) is 0 Å². The SMILES string of the molecule is CCOc1ccc2oc(C)c(C(=O)Oc3ccc4c(c3)O/C(=C\c3ccccc3Cl)C4=O)c2c1. The first kappa shape index (κ1) is 21.8. The first-order valence-electron chi connectivity index (χ1n) is 10.7. The normalized spacial score (nSPS) is 13.7. The van der Waals surface area contributed by atoms with E-state index in [-0.39, 0.29) is 17.3 Å². The molecule has 2 heterocycles. The maximum atomic E-state index is 13.0. The van der Waals surface area contributed by atoms with Crippen LogP contribution < -0.4 is 14.2 Å². The van der Waals surface area contributed by atoms with E-state index in [9.17, 15) is 9.59 Å². The molecule has 5 rings (SSSR count). The predicted octanol–water partition coefficient (Wildman–Crippen LogP) is 6.63. The zero-order valence-corrected chi connectivity index (χ0v) is 19.1. The lowest BCUT2D eigenvalue weighted by Crippen LogP contribution is -2.09. The van der Waals surface area contributed by atoms with Gasteiger partial charge in [0.05, 0.1) is 12.2 Å². The van der Waals surface area contributed by atoms with Crippen molar-refractivity contribution in [2.75, 3.05) is 6.61 Å². The highest BCUT2D eigenvalue weighted by molar-refractivity contribution is 6.32. The summed E-state index contributed by atoms with van der Waals surface area (Å²) < 4.78 is 22.6. The highest BCUT2D eigenvalue weighted by Crippen LogP contribution is 2.36. The fraction of sp³-hybridized carbons (Fsp3) is 0.111. The van der Waals surface area contributed by atoms with Crippen LogP contribution in [0, 0.1) is 6.92 Å². The van der Waals surface area contributed by atoms with Crippen molar-refractivity contribution >= 4 is 40.4 Å². The van der Waals surface area contributed by atoms with Gasteiger partial charge in [-0.05, 0) is 61.9 Å². The van der Waals surface area contributed by atoms with Crippen LogP contribution in [0.5, 0.6) is 17.2 Å². The average Bonchev–Trinajstić information content (AvgIpc) is 3.30. The van der Waals surface area contributed by atoms with Crippen molar-refractivity contribution in [1.29, 1.82) is 0 Å². The molecule has 0 atom stereocenters. The van der Waals surface area contributed by atoms with Crippen LogP contribution in [0.4, 0.5) is 0 Å². The summed E-state index contributed by atoms with van der Waals surface area (Å²) in [4.78, 5) is 25.8. The van der Waals surface area contributed by atoms with Crippen molar-refractivity contribution < 1.29 is 28.2 Å². The molecule has 0 radical (unpaired) electrons. The molecule has 1 aromatic heterocycles. The van der Waals surface area contributed by atoms with Gasteiger partial charge in [-0.25, -0.2) is 4.79 Å². The van der Waals surface area contributed by atoms with Crippen LogP contribution >= 0.6 is 11.6 Å². The molecule has 1 aliphatic rings. The monoisotopic (exact) mass is 474 g/mol. The topological polar surface area (TPSA) is 75.0 Å². The number of aryl methyl sites for hydroxylation is 1. The molecule has 3 aromatic carbocycles. The van der Waals surface area contributed by atoms with Gasteiger partial charge in [-0.1, -0.05) is 29.8 Å². The van der Waals surface area contributed by atoms with Gasteiger partial charge in [0, 0.05) is 16.5 Å². The molecule has 0 N–H and O–H groups in total. The highest BCUT2D eigenvalue weighted by Gasteiger charge is 2.29. The van der Waals surface area contributed by atoms with Crippen molar-refractivity contribution in [3.63, 3.8) is 0 Å². The Morgan fingerprint density at radius 1 is 1.06 bits per heavy atom. The molecule has 0 fully saturated rings. The van der Waals surface area contributed by atoms with Gasteiger partial charge >= 0.3 is 5.97 Å². The Morgan fingerprint density at radius 2 is 1.85 bits per heavy atom. The molecule has 0 saturated carbocycles. The molecule has 4 aromatic rings. The number of ether oxygens (including phenoxy) is 3. The molecule has 170 valence electrons. The Labute approximate surface area is 200 Å². The summed E-state index contributed by atoms with van der Waals surface area (Å²) >= 11 is 6.19. The molecule has 6 nitrogen and oxygen atoms in total. The number of benzene rings is 3. The number of carbonyl (C=O) groups is 2. The average molecular weight is 475 g/mol. The van der Waals surface area contributed by atoms with Crippen LogP contribution in [-0.2, 0) is 0 Å². The zero-order valence-electron chi connectivity index (χ0n) is 18.4. The van der Waals surface area contributed by atoms with Gasteiger partial charge in [0.25, 0.3) is 0 Å². The van der Waals surface area contributed by atoms with E-state index in [1.165, 1.54) is 6.07 Å². The second-order valence-electron chi connectivity index (χ2n) is 7.63. The fourth-order valence-electron chi connectivity index (χ4n) is 3.83. The Hall–Kier alpha value is -4.03. The van der Waals surface area contributed by atoms with E-state index >= 15 is 0 Å². The number of rotatable bonds is 5. The van der Waals surface area contributed by atoms with E-state index in [1.807, 2.05) is 13.0 Å². The third-order valence-corrected chi connectivity index (χ3v) is 5.74. The predicted molar refractivity (Wildman–Crippen MR) is 128 cm³/mol. The Morgan fingerprint density at radius 3 is 2.65 bits per heavy atom. The highest BCUT2D eigenvalue weighted by atomic mass is 35.5. The number of allylic oxidation sites excluding steroid dienone is 1. The van der Waals surface area contributed by atoms with Crippen LogP contribution in [0.25, 0.3) is 17.0 Å². The number of fused-ring (bicyclic) bond motifs is 2. The van der Waals surface area contributed by atoms with E-state index in [1.54, 1.807) is 61.5 Å². The second kappa shape index (κ2) is 8.72. The van der Waals surface area contributed by atoms with Crippen LogP contribution in [0.1, 0.15) is 39.0 Å². The number of hydrogen-bond acceptors (Lipinski definition) is 6. The molecule has 0 aliphatic carbocycles. The van der Waals surface area contributed by atoms with Crippen LogP contribution in [0.3, 0.4) is 0 Å². The number of furan rings is 1. The summed E-state index contributed by atoms with van der Waals surface area (Å²) in [5.41, 5.74) is 1.92. The summed E-state index contributed by atoms with van der Waals surface area (Å²) in [6, 6.07) is 17.1. The lowest BCUT2D eigenvalue weighted by Gasteiger charge is -2.06.